The molecule has 0 amide bonds. The zero-order chi connectivity index (χ0) is 14.4. The van der Waals surface area contributed by atoms with Gasteiger partial charge in [0.15, 0.2) is 11.6 Å². The van der Waals surface area contributed by atoms with Gasteiger partial charge in [0.1, 0.15) is 11.9 Å². The van der Waals surface area contributed by atoms with Crippen molar-refractivity contribution in [1.29, 1.82) is 0 Å². The first-order valence-electron chi connectivity index (χ1n) is 6.62. The average molecular weight is 280 g/mol. The van der Waals surface area contributed by atoms with Crippen LogP contribution in [0.5, 0.6) is 0 Å². The highest BCUT2D eigenvalue weighted by Gasteiger charge is 2.33. The van der Waals surface area contributed by atoms with Gasteiger partial charge >= 0.3 is 5.97 Å². The van der Waals surface area contributed by atoms with Gasteiger partial charge in [-0.3, -0.25) is 0 Å². The lowest BCUT2D eigenvalue weighted by atomic mass is 10.2. The molecule has 1 atom stereocenters. The Morgan fingerprint density at radius 3 is 2.65 bits per heavy atom. The summed E-state index contributed by atoms with van der Waals surface area (Å²) in [4.78, 5) is 15.7. The topological polar surface area (TPSA) is 55.1 Å². The number of aliphatic carboxylic acids is 1. The normalized spacial score (nSPS) is 16.6. The zero-order valence-electron chi connectivity index (χ0n) is 10.9. The molecule has 1 aliphatic rings. The molecule has 0 bridgehead atoms. The lowest BCUT2D eigenvalue weighted by Crippen LogP contribution is -2.20. The first kappa shape index (κ1) is 13.0. The first-order chi connectivity index (χ1) is 9.52. The van der Waals surface area contributed by atoms with Gasteiger partial charge < -0.3 is 9.67 Å². The minimum Gasteiger partial charge on any atom is -0.480 e. The second kappa shape index (κ2) is 4.54. The van der Waals surface area contributed by atoms with E-state index in [9.17, 15) is 18.7 Å². The van der Waals surface area contributed by atoms with Crippen LogP contribution < -0.4 is 0 Å². The van der Waals surface area contributed by atoms with E-state index in [0.29, 0.717) is 23.3 Å². The number of benzene rings is 1. The van der Waals surface area contributed by atoms with Crippen LogP contribution in [0.2, 0.25) is 0 Å². The van der Waals surface area contributed by atoms with Crippen molar-refractivity contribution in [3.05, 3.63) is 29.6 Å². The van der Waals surface area contributed by atoms with Gasteiger partial charge in [-0.15, -0.1) is 0 Å². The molecule has 106 valence electrons. The molecule has 0 spiro atoms. The molecule has 1 heterocycles. The van der Waals surface area contributed by atoms with E-state index >= 15 is 0 Å². The van der Waals surface area contributed by atoms with Gasteiger partial charge in [-0.25, -0.2) is 18.6 Å². The largest absolute Gasteiger partial charge is 0.480 e. The summed E-state index contributed by atoms with van der Waals surface area (Å²) in [6.45, 7) is 1.75. The Labute approximate surface area is 114 Å². The maximum absolute atomic E-state index is 13.5. The molecule has 3 rings (SSSR count). The van der Waals surface area contributed by atoms with Crippen molar-refractivity contribution >= 4 is 17.0 Å². The fourth-order valence-corrected chi connectivity index (χ4v) is 2.53. The number of hydrogen-bond donors (Lipinski definition) is 1. The van der Waals surface area contributed by atoms with Crippen molar-refractivity contribution in [2.45, 2.75) is 38.1 Å². The number of nitrogens with zero attached hydrogens (tertiary/aromatic N) is 2. The summed E-state index contributed by atoms with van der Waals surface area (Å²) < 4.78 is 28.3. The molecule has 0 aliphatic heterocycles. The maximum atomic E-state index is 13.5. The van der Waals surface area contributed by atoms with Gasteiger partial charge in [0.05, 0.1) is 11.0 Å². The molecule has 1 N–H and O–H groups in total. The summed E-state index contributed by atoms with van der Waals surface area (Å²) >= 11 is 0. The molecule has 6 heteroatoms. The van der Waals surface area contributed by atoms with Gasteiger partial charge in [-0.05, 0) is 19.3 Å². The fraction of sp³-hybridized carbons (Fsp3) is 0.429. The Morgan fingerprint density at radius 1 is 1.45 bits per heavy atom. The first-order valence-corrected chi connectivity index (χ1v) is 6.62. The lowest BCUT2D eigenvalue weighted by molar-refractivity contribution is -0.140. The van der Waals surface area contributed by atoms with Crippen molar-refractivity contribution in [2.24, 2.45) is 0 Å². The van der Waals surface area contributed by atoms with Crippen LogP contribution in [0.4, 0.5) is 8.78 Å². The van der Waals surface area contributed by atoms with E-state index in [2.05, 4.69) is 4.98 Å². The summed E-state index contributed by atoms with van der Waals surface area (Å²) in [6, 6.07) is 1.26. The number of imidazole rings is 1. The van der Waals surface area contributed by atoms with Crippen LogP contribution >= 0.6 is 0 Å². The van der Waals surface area contributed by atoms with Gasteiger partial charge in [-0.2, -0.15) is 0 Å². The Morgan fingerprint density at radius 2 is 2.10 bits per heavy atom. The smallest absolute Gasteiger partial charge is 0.326 e. The van der Waals surface area contributed by atoms with E-state index < -0.39 is 23.6 Å². The number of carboxylic acids is 1. The molecule has 1 fully saturated rings. The third-order valence-electron chi connectivity index (χ3n) is 3.68. The Hall–Kier alpha value is -1.98. The monoisotopic (exact) mass is 280 g/mol. The van der Waals surface area contributed by atoms with Gasteiger partial charge in [-0.1, -0.05) is 6.92 Å². The zero-order valence-corrected chi connectivity index (χ0v) is 10.9. The van der Waals surface area contributed by atoms with Gasteiger partial charge in [0.25, 0.3) is 0 Å². The quantitative estimate of drug-likeness (QED) is 0.935. The Kier molecular flexibility index (Phi) is 2.96. The third-order valence-corrected chi connectivity index (χ3v) is 3.68. The second-order valence-electron chi connectivity index (χ2n) is 5.13. The van der Waals surface area contributed by atoms with E-state index in [1.807, 2.05) is 0 Å². The van der Waals surface area contributed by atoms with E-state index in [4.69, 9.17) is 0 Å². The summed E-state index contributed by atoms with van der Waals surface area (Å²) in [6.07, 6.45) is 2.23. The molecular formula is C14H14F2N2O2. The minimum atomic E-state index is -0.988. The van der Waals surface area contributed by atoms with E-state index in [1.165, 1.54) is 0 Å². The van der Waals surface area contributed by atoms with E-state index in [0.717, 1.165) is 25.0 Å². The number of rotatable bonds is 4. The molecule has 4 nitrogen and oxygen atoms in total. The molecule has 1 aromatic carbocycles. The number of carbonyl (C=O) groups is 1. The molecule has 0 radical (unpaired) electrons. The van der Waals surface area contributed by atoms with Crippen molar-refractivity contribution in [1.82, 2.24) is 9.55 Å². The highest BCUT2D eigenvalue weighted by atomic mass is 19.2. The minimum absolute atomic E-state index is 0.196. The SMILES string of the molecule is CCC(C(=O)O)n1c(C2CC2)nc2cc(F)c(F)cc21. The lowest BCUT2D eigenvalue weighted by Gasteiger charge is -2.16. The van der Waals surface area contributed by atoms with Crippen LogP contribution in [-0.2, 0) is 4.79 Å². The van der Waals surface area contributed by atoms with Crippen molar-refractivity contribution in [3.63, 3.8) is 0 Å². The molecule has 2 aromatic rings. The highest BCUT2D eigenvalue weighted by molar-refractivity contribution is 5.81. The average Bonchev–Trinajstić information content (AvgIpc) is 3.17. The predicted molar refractivity (Wildman–Crippen MR) is 68.6 cm³/mol. The van der Waals surface area contributed by atoms with Crippen molar-refractivity contribution < 1.29 is 18.7 Å². The highest BCUT2D eigenvalue weighted by Crippen LogP contribution is 2.42. The summed E-state index contributed by atoms with van der Waals surface area (Å²) in [5.74, 6) is -2.12. The molecule has 20 heavy (non-hydrogen) atoms. The van der Waals surface area contributed by atoms with Crippen LogP contribution in [0.15, 0.2) is 12.1 Å². The van der Waals surface area contributed by atoms with Gasteiger partial charge in [0, 0.05) is 18.1 Å². The van der Waals surface area contributed by atoms with Crippen LogP contribution in [0.1, 0.15) is 44.0 Å². The number of halogens is 2. The number of aromatic nitrogens is 2. The standard InChI is InChI=1S/C14H14F2N2O2/c1-2-11(14(19)20)18-12-6-9(16)8(15)5-10(12)17-13(18)7-3-4-7/h5-7,11H,2-4H2,1H3,(H,19,20). The molecule has 0 saturated heterocycles. The van der Waals surface area contributed by atoms with Crippen LogP contribution in [0, 0.1) is 11.6 Å². The molecule has 1 aromatic heterocycles. The van der Waals surface area contributed by atoms with Crippen LogP contribution in [0.3, 0.4) is 0 Å². The maximum Gasteiger partial charge on any atom is 0.326 e. The number of fused-ring (bicyclic) bond motifs is 1. The molecule has 1 aliphatic carbocycles. The van der Waals surface area contributed by atoms with Crippen LogP contribution in [0.25, 0.3) is 11.0 Å². The summed E-state index contributed by atoms with van der Waals surface area (Å²) in [5, 5.41) is 9.34. The Bertz CT molecular complexity index is 692. The number of hydrogen-bond acceptors (Lipinski definition) is 2. The molecule has 1 saturated carbocycles. The van der Waals surface area contributed by atoms with E-state index in [1.54, 1.807) is 11.5 Å². The summed E-state index contributed by atoms with van der Waals surface area (Å²) in [5.41, 5.74) is 0.658. The van der Waals surface area contributed by atoms with E-state index in [-0.39, 0.29) is 5.92 Å². The van der Waals surface area contributed by atoms with Crippen molar-refractivity contribution in [2.75, 3.05) is 0 Å². The number of carboxylic acid groups (broad SMARTS) is 1. The van der Waals surface area contributed by atoms with Crippen LogP contribution in [-0.4, -0.2) is 20.6 Å². The molecular weight excluding hydrogens is 266 g/mol. The summed E-state index contributed by atoms with van der Waals surface area (Å²) in [7, 11) is 0. The van der Waals surface area contributed by atoms with Crippen molar-refractivity contribution in [3.8, 4) is 0 Å². The fourth-order valence-electron chi connectivity index (χ4n) is 2.53. The Balaban J connectivity index is 2.28. The predicted octanol–water partition coefficient (Wildman–Crippen LogP) is 3.23. The second-order valence-corrected chi connectivity index (χ2v) is 5.13. The van der Waals surface area contributed by atoms with Gasteiger partial charge in [0.2, 0.25) is 0 Å². The molecule has 1 unspecified atom stereocenters. The third kappa shape index (κ3) is 1.95.